The minimum Gasteiger partial charge on any atom is -0.497 e. The normalized spacial score (nSPS) is 13.7. The largest absolute Gasteiger partial charge is 0.497 e. The number of thioether (sulfide) groups is 1. The lowest BCUT2D eigenvalue weighted by atomic mass is 9.81. The molecule has 0 unspecified atom stereocenters. The number of anilines is 1. The fraction of sp³-hybridized carbons (Fsp3) is 0.269. The van der Waals surface area contributed by atoms with Crippen molar-refractivity contribution in [3.63, 3.8) is 0 Å². The van der Waals surface area contributed by atoms with E-state index < -0.39 is 5.41 Å². The highest BCUT2D eigenvalue weighted by molar-refractivity contribution is 8.22. The van der Waals surface area contributed by atoms with E-state index in [4.69, 9.17) is 21.7 Å². The van der Waals surface area contributed by atoms with Crippen molar-refractivity contribution in [1.29, 1.82) is 0 Å². The molecule has 1 aliphatic carbocycles. The SMILES string of the molecule is COC(=O)C1(CCN(C(=O)c2ccc(OC)cc2)N(C(=S)SC)c2ccccc2)C=CCC=C1. The van der Waals surface area contributed by atoms with Crippen LogP contribution in [0.25, 0.3) is 0 Å². The van der Waals surface area contributed by atoms with Crippen LogP contribution >= 0.6 is 24.0 Å². The molecule has 1 amide bonds. The predicted octanol–water partition coefficient (Wildman–Crippen LogP) is 5.27. The molecule has 2 aromatic rings. The van der Waals surface area contributed by atoms with Crippen molar-refractivity contribution in [2.24, 2.45) is 5.41 Å². The number of hydrogen-bond donors (Lipinski definition) is 0. The first kappa shape index (κ1) is 25.5. The Kier molecular flexibility index (Phi) is 8.90. The molecule has 3 rings (SSSR count). The van der Waals surface area contributed by atoms with Crippen LogP contribution in [0.15, 0.2) is 78.9 Å². The molecule has 0 spiro atoms. The van der Waals surface area contributed by atoms with Gasteiger partial charge in [-0.1, -0.05) is 66.5 Å². The Morgan fingerprint density at radius 2 is 1.68 bits per heavy atom. The van der Waals surface area contributed by atoms with Gasteiger partial charge in [-0.25, -0.2) is 10.0 Å². The van der Waals surface area contributed by atoms with E-state index >= 15 is 0 Å². The summed E-state index contributed by atoms with van der Waals surface area (Å²) in [7, 11) is 2.95. The predicted molar refractivity (Wildman–Crippen MR) is 141 cm³/mol. The lowest BCUT2D eigenvalue weighted by Gasteiger charge is -2.38. The standard InChI is InChI=1S/C26H28N2O4S2/c1-31-22-14-12-20(13-15-22)23(29)27(28(25(33)34-3)21-10-6-4-7-11-21)19-18-26(24(30)32-2)16-8-5-9-17-26/h4,6-17H,5,18-19H2,1-3H3. The number of nitrogens with zero attached hydrogens (tertiary/aromatic N) is 2. The smallest absolute Gasteiger partial charge is 0.319 e. The van der Waals surface area contributed by atoms with Gasteiger partial charge in [0.2, 0.25) is 0 Å². The van der Waals surface area contributed by atoms with Gasteiger partial charge < -0.3 is 9.47 Å². The summed E-state index contributed by atoms with van der Waals surface area (Å²) in [6, 6.07) is 16.4. The van der Waals surface area contributed by atoms with Crippen molar-refractivity contribution < 1.29 is 19.1 Å². The fourth-order valence-electron chi connectivity index (χ4n) is 3.75. The van der Waals surface area contributed by atoms with Crippen molar-refractivity contribution >= 4 is 45.9 Å². The van der Waals surface area contributed by atoms with Gasteiger partial charge in [0.1, 0.15) is 11.2 Å². The van der Waals surface area contributed by atoms with Crippen LogP contribution in [0.4, 0.5) is 5.69 Å². The highest BCUT2D eigenvalue weighted by atomic mass is 32.2. The number of thiocarbonyl (C=S) groups is 1. The second-order valence-electron chi connectivity index (χ2n) is 7.60. The topological polar surface area (TPSA) is 59.1 Å². The Morgan fingerprint density at radius 1 is 1.03 bits per heavy atom. The number of methoxy groups -OCH3 is 2. The third-order valence-electron chi connectivity index (χ3n) is 5.57. The second kappa shape index (κ2) is 11.9. The lowest BCUT2D eigenvalue weighted by molar-refractivity contribution is -0.147. The van der Waals surface area contributed by atoms with Crippen LogP contribution < -0.4 is 9.75 Å². The summed E-state index contributed by atoms with van der Waals surface area (Å²) in [5.74, 6) is 0.0479. The molecule has 0 saturated carbocycles. The van der Waals surface area contributed by atoms with Crippen LogP contribution in [0.2, 0.25) is 0 Å². The van der Waals surface area contributed by atoms with E-state index in [2.05, 4.69) is 0 Å². The van der Waals surface area contributed by atoms with Gasteiger partial charge >= 0.3 is 5.97 Å². The Labute approximate surface area is 210 Å². The molecule has 8 heteroatoms. The maximum absolute atomic E-state index is 13.8. The van der Waals surface area contributed by atoms with Crippen molar-refractivity contribution in [2.75, 3.05) is 32.0 Å². The van der Waals surface area contributed by atoms with Crippen molar-refractivity contribution in [3.05, 3.63) is 84.5 Å². The van der Waals surface area contributed by atoms with E-state index in [1.165, 1.54) is 18.9 Å². The quantitative estimate of drug-likeness (QED) is 0.224. The maximum atomic E-state index is 13.8. The highest BCUT2D eigenvalue weighted by Gasteiger charge is 2.37. The first-order valence-corrected chi connectivity index (χ1v) is 12.4. The van der Waals surface area contributed by atoms with Crippen LogP contribution in [-0.2, 0) is 9.53 Å². The molecule has 1 aliphatic rings. The molecule has 34 heavy (non-hydrogen) atoms. The molecule has 0 aliphatic heterocycles. The molecule has 178 valence electrons. The average molecular weight is 497 g/mol. The zero-order valence-corrected chi connectivity index (χ0v) is 21.1. The minimum atomic E-state index is -0.950. The number of amides is 1. The maximum Gasteiger partial charge on any atom is 0.319 e. The summed E-state index contributed by atoms with van der Waals surface area (Å²) in [6.07, 6.45) is 10.5. The minimum absolute atomic E-state index is 0.226. The van der Waals surface area contributed by atoms with Gasteiger partial charge in [0.25, 0.3) is 5.91 Å². The number of rotatable bonds is 7. The number of carbonyl (C=O) groups is 2. The highest BCUT2D eigenvalue weighted by Crippen LogP contribution is 2.33. The molecule has 0 heterocycles. The molecule has 0 bridgehead atoms. The van der Waals surface area contributed by atoms with E-state index in [0.29, 0.717) is 22.1 Å². The van der Waals surface area contributed by atoms with Crippen LogP contribution in [0.5, 0.6) is 5.75 Å². The van der Waals surface area contributed by atoms with E-state index in [0.717, 1.165) is 12.1 Å². The second-order valence-corrected chi connectivity index (χ2v) is 9.04. The molecular weight excluding hydrogens is 468 g/mol. The summed E-state index contributed by atoms with van der Waals surface area (Å²) in [5, 5.41) is 3.32. The van der Waals surface area contributed by atoms with E-state index in [-0.39, 0.29) is 18.4 Å². The van der Waals surface area contributed by atoms with Crippen LogP contribution in [0, 0.1) is 5.41 Å². The summed E-state index contributed by atoms with van der Waals surface area (Å²) >= 11 is 7.04. The van der Waals surface area contributed by atoms with Crippen molar-refractivity contribution in [1.82, 2.24) is 5.01 Å². The number of esters is 1. The lowest BCUT2D eigenvalue weighted by Crippen LogP contribution is -2.50. The Morgan fingerprint density at radius 3 is 2.24 bits per heavy atom. The number of hydrogen-bond acceptors (Lipinski definition) is 6. The first-order valence-electron chi connectivity index (χ1n) is 10.8. The van der Waals surface area contributed by atoms with Gasteiger partial charge in [-0.15, -0.1) is 0 Å². The number of benzene rings is 2. The Hall–Kier alpha value is -3.10. The third kappa shape index (κ3) is 5.69. The van der Waals surface area contributed by atoms with Gasteiger partial charge in [-0.3, -0.25) is 9.59 Å². The number of allylic oxidation sites excluding steroid dienone is 2. The summed E-state index contributed by atoms with van der Waals surface area (Å²) in [6.45, 7) is 0.226. The number of para-hydroxylation sites is 1. The molecule has 0 atom stereocenters. The van der Waals surface area contributed by atoms with Gasteiger partial charge in [0, 0.05) is 12.1 Å². The van der Waals surface area contributed by atoms with Crippen LogP contribution in [0.3, 0.4) is 0 Å². The Bertz CT molecular complexity index is 1060. The van der Waals surface area contributed by atoms with Crippen LogP contribution in [-0.4, -0.2) is 48.2 Å². The first-order chi connectivity index (χ1) is 16.5. The molecular formula is C26H28N2O4S2. The number of ether oxygens (including phenoxy) is 2. The zero-order chi connectivity index (χ0) is 24.6. The van der Waals surface area contributed by atoms with Gasteiger partial charge in [0.15, 0.2) is 4.32 Å². The van der Waals surface area contributed by atoms with Crippen LogP contribution in [0.1, 0.15) is 23.2 Å². The summed E-state index contributed by atoms with van der Waals surface area (Å²) < 4.78 is 10.9. The van der Waals surface area contributed by atoms with E-state index in [9.17, 15) is 9.59 Å². The van der Waals surface area contributed by atoms with Crippen molar-refractivity contribution in [3.8, 4) is 5.75 Å². The molecule has 0 aromatic heterocycles. The monoisotopic (exact) mass is 496 g/mol. The molecule has 0 radical (unpaired) electrons. The molecule has 0 N–H and O–H groups in total. The summed E-state index contributed by atoms with van der Waals surface area (Å²) in [4.78, 5) is 26.6. The number of carbonyl (C=O) groups excluding carboxylic acids is 2. The zero-order valence-electron chi connectivity index (χ0n) is 19.5. The molecule has 0 fully saturated rings. The van der Waals surface area contributed by atoms with Gasteiger partial charge in [0.05, 0.1) is 19.9 Å². The Balaban J connectivity index is 2.03. The van der Waals surface area contributed by atoms with Crippen molar-refractivity contribution in [2.45, 2.75) is 12.8 Å². The number of hydrazine groups is 1. The molecule has 0 saturated heterocycles. The van der Waals surface area contributed by atoms with Gasteiger partial charge in [-0.05, 0) is 55.5 Å². The summed E-state index contributed by atoms with van der Waals surface area (Å²) in [5.41, 5.74) is 0.285. The molecule has 2 aromatic carbocycles. The molecule has 6 nitrogen and oxygen atoms in total. The van der Waals surface area contributed by atoms with E-state index in [1.807, 2.05) is 60.9 Å². The average Bonchev–Trinajstić information content (AvgIpc) is 2.90. The third-order valence-corrected chi connectivity index (χ3v) is 6.76. The van der Waals surface area contributed by atoms with Gasteiger partial charge in [-0.2, -0.15) is 0 Å². The fourth-order valence-corrected chi connectivity index (χ4v) is 4.33. The van der Waals surface area contributed by atoms with E-state index in [1.54, 1.807) is 41.4 Å².